The van der Waals surface area contributed by atoms with Crippen molar-refractivity contribution in [1.29, 1.82) is 0 Å². The molecule has 1 saturated carbocycles. The molecule has 1 fully saturated rings. The second kappa shape index (κ2) is 8.26. The summed E-state index contributed by atoms with van der Waals surface area (Å²) in [6, 6.07) is 3.69. The molecule has 1 aliphatic carbocycles. The van der Waals surface area contributed by atoms with E-state index in [0.29, 0.717) is 5.92 Å². The topological polar surface area (TPSA) is 95.8 Å². The zero-order chi connectivity index (χ0) is 20.3. The predicted molar refractivity (Wildman–Crippen MR) is 98.7 cm³/mol. The maximum absolute atomic E-state index is 13.0. The normalized spacial score (nSPS) is 16.5. The van der Waals surface area contributed by atoms with Gasteiger partial charge in [0, 0.05) is 12.6 Å². The number of pyridine rings is 1. The molecular weight excluding hydrogens is 373 g/mol. The summed E-state index contributed by atoms with van der Waals surface area (Å²) in [4.78, 5) is 16.3. The lowest BCUT2D eigenvalue weighted by molar-refractivity contribution is -0.141. The number of aliphatic hydroxyl groups excluding tert-OH is 1. The van der Waals surface area contributed by atoms with Gasteiger partial charge in [-0.25, -0.2) is 4.98 Å². The minimum absolute atomic E-state index is 0.00443. The van der Waals surface area contributed by atoms with E-state index in [1.54, 1.807) is 6.92 Å². The molecule has 0 radical (unpaired) electrons. The van der Waals surface area contributed by atoms with E-state index in [0.717, 1.165) is 12.5 Å². The van der Waals surface area contributed by atoms with Gasteiger partial charge in [-0.3, -0.25) is 0 Å². The van der Waals surface area contributed by atoms with E-state index < -0.39 is 18.0 Å². The Morgan fingerprint density at radius 1 is 1.11 bits per heavy atom. The zero-order valence-electron chi connectivity index (χ0n) is 15.7. The first-order valence-electron chi connectivity index (χ1n) is 9.20. The van der Waals surface area contributed by atoms with Crippen LogP contribution in [-0.2, 0) is 6.18 Å². The van der Waals surface area contributed by atoms with E-state index in [2.05, 4.69) is 30.6 Å². The molecule has 0 saturated heterocycles. The molecule has 2 aromatic rings. The minimum atomic E-state index is -4.56. The standard InChI is InChI=1S/C18H23F3N6O/c1-10(8-12-6-7-12)23-17-26-15(25-16(27-17)22-9-11(2)28)13-4-3-5-14(24-13)18(19,20)21/h3-5,10-12,28H,6-9H2,1-2H3,(H2,22,23,25,26,27)/t10-,11?/m1/s1. The molecule has 0 aliphatic heterocycles. The van der Waals surface area contributed by atoms with Crippen molar-refractivity contribution in [2.45, 2.75) is 51.4 Å². The lowest BCUT2D eigenvalue weighted by atomic mass is 10.2. The Bertz CT molecular complexity index is 810. The molecule has 1 aliphatic rings. The number of halogens is 3. The highest BCUT2D eigenvalue weighted by Gasteiger charge is 2.32. The third-order valence-electron chi connectivity index (χ3n) is 4.22. The summed E-state index contributed by atoms with van der Waals surface area (Å²) in [5, 5.41) is 15.5. The van der Waals surface area contributed by atoms with E-state index in [4.69, 9.17) is 0 Å². The lowest BCUT2D eigenvalue weighted by Gasteiger charge is -2.15. The molecule has 10 heteroatoms. The monoisotopic (exact) mass is 396 g/mol. The Hall–Kier alpha value is -2.49. The largest absolute Gasteiger partial charge is 0.433 e. The van der Waals surface area contributed by atoms with Gasteiger partial charge in [0.15, 0.2) is 5.82 Å². The fourth-order valence-electron chi connectivity index (χ4n) is 2.72. The number of hydrogen-bond donors (Lipinski definition) is 3. The average molecular weight is 396 g/mol. The summed E-state index contributed by atoms with van der Waals surface area (Å²) >= 11 is 0. The third kappa shape index (κ3) is 5.75. The van der Waals surface area contributed by atoms with Gasteiger partial charge >= 0.3 is 6.18 Å². The summed E-state index contributed by atoms with van der Waals surface area (Å²) in [7, 11) is 0. The van der Waals surface area contributed by atoms with E-state index in [9.17, 15) is 18.3 Å². The highest BCUT2D eigenvalue weighted by Crippen LogP contribution is 2.34. The van der Waals surface area contributed by atoms with Crippen LogP contribution in [-0.4, -0.2) is 43.7 Å². The van der Waals surface area contributed by atoms with Crippen LogP contribution in [0.5, 0.6) is 0 Å². The Morgan fingerprint density at radius 2 is 1.82 bits per heavy atom. The number of aromatic nitrogens is 4. The van der Waals surface area contributed by atoms with Gasteiger partial charge in [-0.2, -0.15) is 28.1 Å². The average Bonchev–Trinajstić information content (AvgIpc) is 3.43. The van der Waals surface area contributed by atoms with Crippen molar-refractivity contribution in [2.75, 3.05) is 17.2 Å². The van der Waals surface area contributed by atoms with Crippen molar-refractivity contribution in [1.82, 2.24) is 19.9 Å². The van der Waals surface area contributed by atoms with Crippen LogP contribution >= 0.6 is 0 Å². The SMILES string of the molecule is CC(O)CNc1nc(N[C@H](C)CC2CC2)nc(-c2cccc(C(F)(F)F)n2)n1. The number of aliphatic hydroxyl groups is 1. The van der Waals surface area contributed by atoms with Gasteiger partial charge in [0.05, 0.1) is 6.10 Å². The molecule has 2 aromatic heterocycles. The Morgan fingerprint density at radius 3 is 2.46 bits per heavy atom. The third-order valence-corrected chi connectivity index (χ3v) is 4.22. The Labute approximate surface area is 160 Å². The molecule has 152 valence electrons. The molecule has 3 N–H and O–H groups in total. The van der Waals surface area contributed by atoms with Crippen LogP contribution in [0.1, 0.15) is 38.8 Å². The fraction of sp³-hybridized carbons (Fsp3) is 0.556. The van der Waals surface area contributed by atoms with E-state index in [1.807, 2.05) is 6.92 Å². The number of nitrogens with one attached hydrogen (secondary N) is 2. The van der Waals surface area contributed by atoms with Crippen molar-refractivity contribution in [3.8, 4) is 11.5 Å². The van der Waals surface area contributed by atoms with Gasteiger partial charge in [0.25, 0.3) is 0 Å². The molecule has 2 heterocycles. The van der Waals surface area contributed by atoms with Gasteiger partial charge in [0.1, 0.15) is 11.4 Å². The fourth-order valence-corrected chi connectivity index (χ4v) is 2.72. The first kappa shape index (κ1) is 20.2. The first-order valence-corrected chi connectivity index (χ1v) is 9.20. The van der Waals surface area contributed by atoms with Gasteiger partial charge in [0.2, 0.25) is 11.9 Å². The molecule has 0 bridgehead atoms. The maximum Gasteiger partial charge on any atom is 0.433 e. The molecule has 7 nitrogen and oxygen atoms in total. The summed E-state index contributed by atoms with van der Waals surface area (Å²) in [6.07, 6.45) is -1.81. The summed E-state index contributed by atoms with van der Waals surface area (Å²) < 4.78 is 38.9. The summed E-state index contributed by atoms with van der Waals surface area (Å²) in [5.41, 5.74) is -1.02. The van der Waals surface area contributed by atoms with Gasteiger partial charge in [-0.1, -0.05) is 18.9 Å². The van der Waals surface area contributed by atoms with Crippen LogP contribution in [0.2, 0.25) is 0 Å². The van der Waals surface area contributed by atoms with Crippen LogP contribution in [0.15, 0.2) is 18.2 Å². The number of nitrogens with zero attached hydrogens (tertiary/aromatic N) is 4. The van der Waals surface area contributed by atoms with E-state index in [-0.39, 0.29) is 36.0 Å². The van der Waals surface area contributed by atoms with Gasteiger partial charge < -0.3 is 15.7 Å². The van der Waals surface area contributed by atoms with Crippen molar-refractivity contribution < 1.29 is 18.3 Å². The molecule has 1 unspecified atom stereocenters. The van der Waals surface area contributed by atoms with Crippen LogP contribution in [0.4, 0.5) is 25.1 Å². The van der Waals surface area contributed by atoms with Crippen LogP contribution in [0, 0.1) is 5.92 Å². The highest BCUT2D eigenvalue weighted by molar-refractivity contribution is 5.54. The number of anilines is 2. The van der Waals surface area contributed by atoms with E-state index >= 15 is 0 Å². The summed E-state index contributed by atoms with van der Waals surface area (Å²) in [5.74, 6) is 1.13. The molecule has 28 heavy (non-hydrogen) atoms. The Kier molecular flexibility index (Phi) is 5.97. The number of hydrogen-bond acceptors (Lipinski definition) is 7. The van der Waals surface area contributed by atoms with Crippen molar-refractivity contribution >= 4 is 11.9 Å². The van der Waals surface area contributed by atoms with Crippen LogP contribution < -0.4 is 10.6 Å². The molecule has 0 aromatic carbocycles. The van der Waals surface area contributed by atoms with Crippen molar-refractivity contribution in [3.63, 3.8) is 0 Å². The maximum atomic E-state index is 13.0. The Balaban J connectivity index is 1.89. The smallest absolute Gasteiger partial charge is 0.392 e. The molecular formula is C18H23F3N6O. The van der Waals surface area contributed by atoms with Crippen molar-refractivity contribution in [2.24, 2.45) is 5.92 Å². The predicted octanol–water partition coefficient (Wildman–Crippen LogP) is 3.35. The van der Waals surface area contributed by atoms with Gasteiger partial charge in [-0.15, -0.1) is 0 Å². The second-order valence-corrected chi connectivity index (χ2v) is 7.17. The quantitative estimate of drug-likeness (QED) is 0.630. The second-order valence-electron chi connectivity index (χ2n) is 7.17. The zero-order valence-corrected chi connectivity index (χ0v) is 15.7. The van der Waals surface area contributed by atoms with Crippen LogP contribution in [0.3, 0.4) is 0 Å². The van der Waals surface area contributed by atoms with Crippen LogP contribution in [0.25, 0.3) is 11.5 Å². The number of alkyl halides is 3. The minimum Gasteiger partial charge on any atom is -0.392 e. The molecule has 2 atom stereocenters. The molecule has 0 spiro atoms. The highest BCUT2D eigenvalue weighted by atomic mass is 19.4. The van der Waals surface area contributed by atoms with Gasteiger partial charge in [-0.05, 0) is 38.3 Å². The summed E-state index contributed by atoms with van der Waals surface area (Å²) in [6.45, 7) is 3.80. The van der Waals surface area contributed by atoms with E-state index in [1.165, 1.54) is 25.0 Å². The lowest BCUT2D eigenvalue weighted by Crippen LogP contribution is -2.21. The van der Waals surface area contributed by atoms with Crippen molar-refractivity contribution in [3.05, 3.63) is 23.9 Å². The molecule has 3 rings (SSSR count). The first-order chi connectivity index (χ1) is 13.2. The number of rotatable bonds is 8. The molecule has 0 amide bonds.